The summed E-state index contributed by atoms with van der Waals surface area (Å²) in [7, 11) is 0. The minimum atomic E-state index is -4.84. The van der Waals surface area contributed by atoms with Crippen LogP contribution in [0.4, 0.5) is 18.0 Å². The molecule has 12 heteroatoms. The number of carbonyl (C=O) groups excluding carboxylic acids is 3. The number of amides is 3. The Morgan fingerprint density at radius 3 is 2.43 bits per heavy atom. The molecular weight excluding hydrogens is 491 g/mol. The lowest BCUT2D eigenvalue weighted by Crippen LogP contribution is -2.60. The number of carbonyl (C=O) groups is 3. The van der Waals surface area contributed by atoms with Crippen molar-refractivity contribution in [3.8, 4) is 0 Å². The number of primary amides is 1. The number of nitrogens with two attached hydrogens (primary N) is 1. The molecule has 5 rings (SSSR count). The summed E-state index contributed by atoms with van der Waals surface area (Å²) >= 11 is 0. The van der Waals surface area contributed by atoms with Crippen LogP contribution in [0.15, 0.2) is 12.3 Å². The summed E-state index contributed by atoms with van der Waals surface area (Å²) in [5.74, 6) is -0.544. The van der Waals surface area contributed by atoms with E-state index in [-0.39, 0.29) is 35.8 Å². The van der Waals surface area contributed by atoms with Gasteiger partial charge in [0.1, 0.15) is 0 Å². The van der Waals surface area contributed by atoms with Gasteiger partial charge in [0.25, 0.3) is 5.91 Å². The molecule has 1 aromatic heterocycles. The second kappa shape index (κ2) is 9.68. The zero-order valence-corrected chi connectivity index (χ0v) is 21.2. The van der Waals surface area contributed by atoms with E-state index in [1.807, 2.05) is 0 Å². The molecule has 4 bridgehead atoms. The van der Waals surface area contributed by atoms with E-state index in [2.05, 4.69) is 15.7 Å². The molecule has 4 saturated carbocycles. The fourth-order valence-electron chi connectivity index (χ4n) is 6.70. The van der Waals surface area contributed by atoms with Crippen LogP contribution in [0.2, 0.25) is 0 Å². The van der Waals surface area contributed by atoms with E-state index in [1.54, 1.807) is 20.8 Å². The van der Waals surface area contributed by atoms with Crippen molar-refractivity contribution < 1.29 is 32.3 Å². The monoisotopic (exact) mass is 525 g/mol. The van der Waals surface area contributed by atoms with Crippen LogP contribution < -0.4 is 16.4 Å². The topological polar surface area (TPSA) is 128 Å². The average molecular weight is 526 g/mol. The van der Waals surface area contributed by atoms with Gasteiger partial charge in [-0.3, -0.25) is 9.59 Å². The van der Waals surface area contributed by atoms with Crippen molar-refractivity contribution in [2.45, 2.75) is 65.1 Å². The van der Waals surface area contributed by atoms with Crippen molar-refractivity contribution in [3.05, 3.63) is 23.5 Å². The van der Waals surface area contributed by atoms with E-state index in [1.165, 1.54) is 6.08 Å². The van der Waals surface area contributed by atoms with Crippen molar-refractivity contribution in [3.63, 3.8) is 0 Å². The number of aromatic nitrogens is 2. The second-order valence-electron chi connectivity index (χ2n) is 11.3. The van der Waals surface area contributed by atoms with E-state index in [0.717, 1.165) is 44.5 Å². The molecule has 4 N–H and O–H groups in total. The van der Waals surface area contributed by atoms with Crippen LogP contribution in [0.3, 0.4) is 0 Å². The first kappa shape index (κ1) is 27.0. The van der Waals surface area contributed by atoms with Crippen molar-refractivity contribution in [2.75, 3.05) is 13.2 Å². The summed E-state index contributed by atoms with van der Waals surface area (Å²) in [5, 5.41) is 9.33. The summed E-state index contributed by atoms with van der Waals surface area (Å²) in [5.41, 5.74) is 2.14. The molecule has 2 unspecified atom stereocenters. The second-order valence-corrected chi connectivity index (χ2v) is 11.3. The van der Waals surface area contributed by atoms with Crippen molar-refractivity contribution in [2.24, 2.45) is 34.3 Å². The van der Waals surface area contributed by atoms with Crippen LogP contribution in [0, 0.1) is 28.6 Å². The van der Waals surface area contributed by atoms with Gasteiger partial charge in [0, 0.05) is 24.2 Å². The molecule has 2 atom stereocenters. The highest BCUT2D eigenvalue weighted by atomic mass is 19.4. The zero-order valence-electron chi connectivity index (χ0n) is 21.2. The molecule has 4 aliphatic carbocycles. The third-order valence-corrected chi connectivity index (χ3v) is 8.08. The zero-order chi connectivity index (χ0) is 27.2. The van der Waals surface area contributed by atoms with E-state index < -0.39 is 34.8 Å². The SMILES string of the molecule is CCNC(=O)C(C)(C)/C=C/n1ncc(C(=O)NC2C3CC4CC2CC(COC(N)=O)(C4)C3)c1C(F)(F)F. The predicted octanol–water partition coefficient (Wildman–Crippen LogP) is 3.55. The summed E-state index contributed by atoms with van der Waals surface area (Å²) in [6, 6.07) is -0.262. The van der Waals surface area contributed by atoms with Crippen molar-refractivity contribution >= 4 is 24.1 Å². The Balaban J connectivity index is 1.53. The lowest BCUT2D eigenvalue weighted by atomic mass is 9.48. The van der Waals surface area contributed by atoms with Crippen LogP contribution in [0.1, 0.15) is 68.9 Å². The van der Waals surface area contributed by atoms with E-state index in [0.29, 0.717) is 17.1 Å². The first-order chi connectivity index (χ1) is 17.2. The molecule has 204 valence electrons. The quantitative estimate of drug-likeness (QED) is 0.478. The number of halogens is 3. The lowest BCUT2D eigenvalue weighted by Gasteiger charge is -2.59. The first-order valence-corrected chi connectivity index (χ1v) is 12.6. The number of nitrogens with zero attached hydrogens (tertiary/aromatic N) is 2. The van der Waals surface area contributed by atoms with Gasteiger partial charge < -0.3 is 21.1 Å². The van der Waals surface area contributed by atoms with Gasteiger partial charge >= 0.3 is 12.3 Å². The van der Waals surface area contributed by atoms with E-state index in [4.69, 9.17) is 10.5 Å². The smallest absolute Gasteiger partial charge is 0.434 e. The Bertz CT molecular complexity index is 1080. The van der Waals surface area contributed by atoms with Crippen molar-refractivity contribution in [1.82, 2.24) is 20.4 Å². The summed E-state index contributed by atoms with van der Waals surface area (Å²) in [4.78, 5) is 36.5. The van der Waals surface area contributed by atoms with Gasteiger partial charge in [-0.25, -0.2) is 9.48 Å². The largest absolute Gasteiger partial charge is 0.449 e. The molecule has 3 amide bonds. The molecule has 0 radical (unpaired) electrons. The molecule has 1 heterocycles. The number of ether oxygens (including phenoxy) is 1. The van der Waals surface area contributed by atoms with Gasteiger partial charge in [-0.05, 0) is 70.6 Å². The normalized spacial score (nSPS) is 28.9. The van der Waals surface area contributed by atoms with Gasteiger partial charge in [0.2, 0.25) is 5.91 Å². The van der Waals surface area contributed by atoms with Crippen LogP contribution in [0.5, 0.6) is 0 Å². The lowest BCUT2D eigenvalue weighted by molar-refractivity contribution is -0.142. The standard InChI is InChI=1S/C25H34F3N5O4/c1-4-30-21(35)23(2,3)5-6-33-19(25(26,27)28)17(12-31-33)20(34)32-18-15-7-14-8-16(18)11-24(9-14,10-15)13-37-22(29)36/h5-6,12,14-16,18H,4,7-11,13H2,1-3H3,(H2,29,36)(H,30,35)(H,32,34)/b6-5+. The highest BCUT2D eigenvalue weighted by Crippen LogP contribution is 2.60. The number of hydrogen-bond acceptors (Lipinski definition) is 5. The molecule has 4 fully saturated rings. The van der Waals surface area contributed by atoms with Crippen LogP contribution in [0.25, 0.3) is 6.20 Å². The summed E-state index contributed by atoms with van der Waals surface area (Å²) in [6.45, 7) is 5.52. The molecule has 1 aromatic rings. The van der Waals surface area contributed by atoms with Gasteiger partial charge in [0.05, 0.1) is 23.8 Å². The Labute approximate surface area is 213 Å². The first-order valence-electron chi connectivity index (χ1n) is 12.6. The fraction of sp³-hybridized carbons (Fsp3) is 0.680. The van der Waals surface area contributed by atoms with Crippen LogP contribution in [-0.2, 0) is 15.7 Å². The molecule has 37 heavy (non-hydrogen) atoms. The highest BCUT2D eigenvalue weighted by Gasteiger charge is 2.56. The number of hydrogen-bond donors (Lipinski definition) is 3. The molecule has 4 aliphatic rings. The Hall–Kier alpha value is -3.05. The molecular formula is C25H34F3N5O4. The van der Waals surface area contributed by atoms with Crippen LogP contribution >= 0.6 is 0 Å². The Morgan fingerprint density at radius 1 is 1.22 bits per heavy atom. The average Bonchev–Trinajstić information content (AvgIpc) is 3.23. The number of alkyl halides is 3. The minimum Gasteiger partial charge on any atom is -0.449 e. The maximum atomic E-state index is 14.1. The van der Waals surface area contributed by atoms with E-state index in [9.17, 15) is 27.6 Å². The third kappa shape index (κ3) is 5.47. The summed E-state index contributed by atoms with van der Waals surface area (Å²) in [6.07, 6.45) is 1.78. The molecule has 0 saturated heterocycles. The van der Waals surface area contributed by atoms with E-state index >= 15 is 0 Å². The van der Waals surface area contributed by atoms with Gasteiger partial charge in [-0.1, -0.05) is 6.08 Å². The van der Waals surface area contributed by atoms with Gasteiger partial charge in [-0.2, -0.15) is 18.3 Å². The fourth-order valence-corrected chi connectivity index (χ4v) is 6.70. The molecule has 0 spiro atoms. The summed E-state index contributed by atoms with van der Waals surface area (Å²) < 4.78 is 47.9. The Kier molecular flexibility index (Phi) is 7.06. The highest BCUT2D eigenvalue weighted by molar-refractivity contribution is 5.95. The number of rotatable bonds is 8. The van der Waals surface area contributed by atoms with Crippen LogP contribution in [-0.4, -0.2) is 46.9 Å². The predicted molar refractivity (Wildman–Crippen MR) is 128 cm³/mol. The van der Waals surface area contributed by atoms with Gasteiger partial charge in [-0.15, -0.1) is 0 Å². The number of nitrogens with one attached hydrogen (secondary N) is 2. The molecule has 9 nitrogen and oxygen atoms in total. The minimum absolute atomic E-state index is 0.0915. The van der Waals surface area contributed by atoms with Crippen molar-refractivity contribution in [1.29, 1.82) is 0 Å². The molecule has 0 aromatic carbocycles. The maximum absolute atomic E-state index is 14.1. The van der Waals surface area contributed by atoms with Gasteiger partial charge in [0.15, 0.2) is 5.69 Å². The Morgan fingerprint density at radius 2 is 1.86 bits per heavy atom. The maximum Gasteiger partial charge on any atom is 0.434 e. The third-order valence-electron chi connectivity index (χ3n) is 8.08. The molecule has 0 aliphatic heterocycles.